The van der Waals surface area contributed by atoms with Crippen LogP contribution in [0.25, 0.3) is 10.7 Å². The molecule has 0 saturated carbocycles. The SMILES string of the molecule is Cc1nc(NC(=O)Cc2csc(N3CCCNC3=O)n2)sc1-c1nccn1C. The van der Waals surface area contributed by atoms with Crippen molar-refractivity contribution in [2.45, 2.75) is 19.8 Å². The molecular formula is C17H19N7O2S2. The highest BCUT2D eigenvalue weighted by Gasteiger charge is 2.22. The number of nitrogens with one attached hydrogen (secondary N) is 2. The summed E-state index contributed by atoms with van der Waals surface area (Å²) in [5.41, 5.74) is 1.45. The molecule has 1 aliphatic rings. The van der Waals surface area contributed by atoms with E-state index >= 15 is 0 Å². The second kappa shape index (κ2) is 7.68. The number of rotatable bonds is 5. The molecule has 4 rings (SSSR count). The van der Waals surface area contributed by atoms with E-state index in [9.17, 15) is 9.59 Å². The van der Waals surface area contributed by atoms with Crippen molar-refractivity contribution >= 4 is 44.9 Å². The standard InChI is InChI=1S/C17H19N7O2S2/c1-10-13(14-18-5-7-23(14)2)28-15(20-10)22-12(25)8-11-9-27-17(21-11)24-6-3-4-19-16(24)26/h5,7,9H,3-4,6,8H2,1-2H3,(H,19,26)(H,20,22,25). The summed E-state index contributed by atoms with van der Waals surface area (Å²) in [5.74, 6) is 0.625. The quantitative estimate of drug-likeness (QED) is 0.663. The Morgan fingerprint density at radius 3 is 3.00 bits per heavy atom. The molecule has 146 valence electrons. The van der Waals surface area contributed by atoms with E-state index in [1.165, 1.54) is 22.7 Å². The molecule has 3 aromatic heterocycles. The number of nitrogens with zero attached hydrogens (tertiary/aromatic N) is 5. The van der Waals surface area contributed by atoms with Gasteiger partial charge in [0.05, 0.1) is 22.7 Å². The Kier molecular flexibility index (Phi) is 5.09. The molecule has 28 heavy (non-hydrogen) atoms. The Bertz CT molecular complexity index is 1020. The highest BCUT2D eigenvalue weighted by Crippen LogP contribution is 2.31. The molecule has 0 radical (unpaired) electrons. The maximum Gasteiger partial charge on any atom is 0.323 e. The van der Waals surface area contributed by atoms with Crippen molar-refractivity contribution < 1.29 is 9.59 Å². The molecule has 0 spiro atoms. The average molecular weight is 418 g/mol. The Balaban J connectivity index is 1.41. The van der Waals surface area contributed by atoms with E-state index in [0.717, 1.165) is 22.8 Å². The summed E-state index contributed by atoms with van der Waals surface area (Å²) in [7, 11) is 1.92. The van der Waals surface area contributed by atoms with Crippen LogP contribution in [0.3, 0.4) is 0 Å². The minimum atomic E-state index is -0.194. The van der Waals surface area contributed by atoms with Crippen LogP contribution in [-0.2, 0) is 18.3 Å². The van der Waals surface area contributed by atoms with Crippen molar-refractivity contribution in [3.63, 3.8) is 0 Å². The lowest BCUT2D eigenvalue weighted by Gasteiger charge is -2.24. The van der Waals surface area contributed by atoms with Crippen LogP contribution in [-0.4, -0.2) is 44.5 Å². The molecular weight excluding hydrogens is 398 g/mol. The minimum absolute atomic E-state index is 0.127. The van der Waals surface area contributed by atoms with Gasteiger partial charge in [-0.2, -0.15) is 0 Å². The Morgan fingerprint density at radius 2 is 2.25 bits per heavy atom. The molecule has 11 heteroatoms. The second-order valence-electron chi connectivity index (χ2n) is 6.38. The van der Waals surface area contributed by atoms with Crippen molar-refractivity contribution in [3.8, 4) is 10.7 Å². The zero-order valence-electron chi connectivity index (χ0n) is 15.4. The van der Waals surface area contributed by atoms with Crippen molar-refractivity contribution in [3.05, 3.63) is 29.2 Å². The summed E-state index contributed by atoms with van der Waals surface area (Å²) < 4.78 is 1.92. The van der Waals surface area contributed by atoms with Gasteiger partial charge in [-0.05, 0) is 13.3 Å². The van der Waals surface area contributed by atoms with Gasteiger partial charge in [-0.15, -0.1) is 11.3 Å². The van der Waals surface area contributed by atoms with Gasteiger partial charge in [-0.3, -0.25) is 9.69 Å². The first-order valence-electron chi connectivity index (χ1n) is 8.76. The summed E-state index contributed by atoms with van der Waals surface area (Å²) in [4.78, 5) is 40.1. The zero-order chi connectivity index (χ0) is 19.7. The predicted molar refractivity (Wildman–Crippen MR) is 109 cm³/mol. The summed E-state index contributed by atoms with van der Waals surface area (Å²) in [6.45, 7) is 3.22. The van der Waals surface area contributed by atoms with Gasteiger partial charge in [-0.25, -0.2) is 19.7 Å². The molecule has 2 N–H and O–H groups in total. The number of aromatic nitrogens is 4. The van der Waals surface area contributed by atoms with Crippen molar-refractivity contribution in [2.75, 3.05) is 23.3 Å². The van der Waals surface area contributed by atoms with E-state index in [1.54, 1.807) is 11.1 Å². The van der Waals surface area contributed by atoms with Crippen molar-refractivity contribution in [1.82, 2.24) is 24.8 Å². The molecule has 3 aromatic rings. The number of hydrogen-bond acceptors (Lipinski definition) is 7. The molecule has 0 atom stereocenters. The fraction of sp³-hybridized carbons (Fsp3) is 0.353. The van der Waals surface area contributed by atoms with E-state index in [0.29, 0.717) is 29.0 Å². The van der Waals surface area contributed by atoms with Gasteiger partial charge < -0.3 is 15.2 Å². The third-order valence-corrected chi connectivity index (χ3v) is 6.24. The highest BCUT2D eigenvalue weighted by molar-refractivity contribution is 7.19. The number of thiazole rings is 2. The maximum absolute atomic E-state index is 12.4. The topological polar surface area (TPSA) is 105 Å². The Labute approximate surface area is 169 Å². The van der Waals surface area contributed by atoms with Crippen LogP contribution in [0.15, 0.2) is 17.8 Å². The van der Waals surface area contributed by atoms with Gasteiger partial charge in [0, 0.05) is 37.9 Å². The third kappa shape index (κ3) is 3.76. The summed E-state index contributed by atoms with van der Waals surface area (Å²) >= 11 is 2.76. The van der Waals surface area contributed by atoms with E-state index in [1.807, 2.05) is 30.1 Å². The number of carbonyl (C=O) groups excluding carboxylic acids is 2. The lowest BCUT2D eigenvalue weighted by Crippen LogP contribution is -2.46. The first kappa shape index (κ1) is 18.6. The molecule has 9 nitrogen and oxygen atoms in total. The summed E-state index contributed by atoms with van der Waals surface area (Å²) in [6.07, 6.45) is 4.61. The smallest absolute Gasteiger partial charge is 0.323 e. The van der Waals surface area contributed by atoms with Crippen LogP contribution in [0.4, 0.5) is 15.1 Å². The minimum Gasteiger partial charge on any atom is -0.338 e. The fourth-order valence-corrected chi connectivity index (χ4v) is 4.75. The predicted octanol–water partition coefficient (Wildman–Crippen LogP) is 2.41. The molecule has 4 heterocycles. The van der Waals surface area contributed by atoms with Crippen LogP contribution in [0, 0.1) is 6.92 Å². The molecule has 0 bridgehead atoms. The third-order valence-electron chi connectivity index (χ3n) is 4.26. The molecule has 1 fully saturated rings. The van der Waals surface area contributed by atoms with E-state index in [-0.39, 0.29) is 18.4 Å². The number of aryl methyl sites for hydroxylation is 2. The van der Waals surface area contributed by atoms with E-state index < -0.39 is 0 Å². The average Bonchev–Trinajstić information content (AvgIpc) is 3.36. The van der Waals surface area contributed by atoms with Crippen LogP contribution in [0.2, 0.25) is 0 Å². The van der Waals surface area contributed by atoms with Gasteiger partial charge >= 0.3 is 6.03 Å². The number of imidazole rings is 1. The summed E-state index contributed by atoms with van der Waals surface area (Å²) in [6, 6.07) is -0.142. The molecule has 0 aliphatic carbocycles. The first-order chi connectivity index (χ1) is 13.5. The van der Waals surface area contributed by atoms with Gasteiger partial charge in [0.25, 0.3) is 0 Å². The largest absolute Gasteiger partial charge is 0.338 e. The fourth-order valence-electron chi connectivity index (χ4n) is 2.88. The van der Waals surface area contributed by atoms with Crippen LogP contribution >= 0.6 is 22.7 Å². The molecule has 0 aromatic carbocycles. The van der Waals surface area contributed by atoms with E-state index in [2.05, 4.69) is 25.6 Å². The maximum atomic E-state index is 12.4. The molecule has 3 amide bonds. The van der Waals surface area contributed by atoms with Gasteiger partial charge in [0.2, 0.25) is 5.91 Å². The lowest BCUT2D eigenvalue weighted by atomic mass is 10.3. The highest BCUT2D eigenvalue weighted by atomic mass is 32.1. The van der Waals surface area contributed by atoms with E-state index in [4.69, 9.17) is 0 Å². The Morgan fingerprint density at radius 1 is 1.39 bits per heavy atom. The Hall–Kier alpha value is -2.79. The molecule has 1 aliphatic heterocycles. The lowest BCUT2D eigenvalue weighted by molar-refractivity contribution is -0.115. The number of hydrogen-bond donors (Lipinski definition) is 2. The zero-order valence-corrected chi connectivity index (χ0v) is 17.1. The molecule has 1 saturated heterocycles. The number of carbonyl (C=O) groups is 2. The van der Waals surface area contributed by atoms with Gasteiger partial charge in [0.15, 0.2) is 16.1 Å². The first-order valence-corrected chi connectivity index (χ1v) is 10.5. The monoisotopic (exact) mass is 417 g/mol. The van der Waals surface area contributed by atoms with Crippen molar-refractivity contribution in [2.24, 2.45) is 7.05 Å². The normalized spacial score (nSPS) is 14.2. The number of urea groups is 1. The van der Waals surface area contributed by atoms with Gasteiger partial charge in [0.1, 0.15) is 0 Å². The van der Waals surface area contributed by atoms with Gasteiger partial charge in [-0.1, -0.05) is 11.3 Å². The molecule has 0 unspecified atom stereocenters. The number of amides is 3. The summed E-state index contributed by atoms with van der Waals surface area (Å²) in [5, 5.41) is 8.59. The van der Waals surface area contributed by atoms with Crippen LogP contribution < -0.4 is 15.5 Å². The second-order valence-corrected chi connectivity index (χ2v) is 8.21. The van der Waals surface area contributed by atoms with Crippen LogP contribution in [0.5, 0.6) is 0 Å². The van der Waals surface area contributed by atoms with Crippen molar-refractivity contribution in [1.29, 1.82) is 0 Å². The number of anilines is 2. The van der Waals surface area contributed by atoms with Crippen LogP contribution in [0.1, 0.15) is 17.8 Å².